The molecule has 0 radical (unpaired) electrons. The molecule has 0 aliphatic carbocycles. The minimum atomic E-state index is 0.451. The summed E-state index contributed by atoms with van der Waals surface area (Å²) in [6, 6.07) is 0.818. The molecule has 112 valence electrons. The molecule has 0 saturated carbocycles. The Morgan fingerprint density at radius 2 is 1.89 bits per heavy atom. The summed E-state index contributed by atoms with van der Waals surface area (Å²) in [5.74, 6) is 0.619. The van der Waals surface area contributed by atoms with E-state index < -0.39 is 0 Å². The lowest BCUT2D eigenvalue weighted by atomic mass is 9.99. The number of nitrogens with zero attached hydrogens (tertiary/aromatic N) is 2. The molecule has 0 aromatic carbocycles. The van der Waals surface area contributed by atoms with Crippen molar-refractivity contribution in [2.24, 2.45) is 0 Å². The first-order valence-corrected chi connectivity index (χ1v) is 8.43. The lowest BCUT2D eigenvalue weighted by Crippen LogP contribution is -2.42. The number of rotatable bonds is 6. The van der Waals surface area contributed by atoms with Crippen LogP contribution in [0.3, 0.4) is 0 Å². The summed E-state index contributed by atoms with van der Waals surface area (Å²) in [5, 5.41) is 0. The molecule has 4 heteroatoms. The average Bonchev–Trinajstić information content (AvgIpc) is 2.45. The van der Waals surface area contributed by atoms with E-state index >= 15 is 0 Å². The van der Waals surface area contributed by atoms with Gasteiger partial charge in [0.25, 0.3) is 0 Å². The van der Waals surface area contributed by atoms with Gasteiger partial charge in [-0.3, -0.25) is 0 Å². The number of likely N-dealkylation sites (tertiary alicyclic amines) is 2. The Balaban J connectivity index is 1.60. The van der Waals surface area contributed by atoms with E-state index in [0.717, 1.165) is 6.04 Å². The highest BCUT2D eigenvalue weighted by Crippen LogP contribution is 2.20. The molecule has 3 nitrogen and oxygen atoms in total. The fraction of sp³-hybridized carbons (Fsp3) is 1.00. The first kappa shape index (κ1) is 15.6. The van der Waals surface area contributed by atoms with Crippen molar-refractivity contribution in [1.82, 2.24) is 9.80 Å². The van der Waals surface area contributed by atoms with Gasteiger partial charge in [0.1, 0.15) is 0 Å². The van der Waals surface area contributed by atoms with Gasteiger partial charge in [0.15, 0.2) is 0 Å². The van der Waals surface area contributed by atoms with Gasteiger partial charge in [0.2, 0.25) is 0 Å². The highest BCUT2D eigenvalue weighted by Gasteiger charge is 2.22. The first-order valence-electron chi connectivity index (χ1n) is 7.89. The standard InChI is InChI=1S/C15H29ClN2O/c1-17-9-3-2-4-14(17)5-10-18-11-6-15(7-12-18)19-13-8-16/h14-15H,2-13H2,1H3. The van der Waals surface area contributed by atoms with Gasteiger partial charge in [-0.2, -0.15) is 0 Å². The number of alkyl halides is 1. The largest absolute Gasteiger partial charge is 0.377 e. The van der Waals surface area contributed by atoms with Crippen LogP contribution in [0.25, 0.3) is 0 Å². The van der Waals surface area contributed by atoms with Crippen LogP contribution in [0.15, 0.2) is 0 Å². The zero-order valence-corrected chi connectivity index (χ0v) is 13.1. The maximum absolute atomic E-state index is 5.73. The van der Waals surface area contributed by atoms with E-state index in [-0.39, 0.29) is 0 Å². The molecule has 1 unspecified atom stereocenters. The van der Waals surface area contributed by atoms with Crippen LogP contribution in [0.4, 0.5) is 0 Å². The maximum Gasteiger partial charge on any atom is 0.0605 e. The van der Waals surface area contributed by atoms with E-state index in [0.29, 0.717) is 18.6 Å². The average molecular weight is 289 g/mol. The summed E-state index contributed by atoms with van der Waals surface area (Å²) < 4.78 is 5.73. The SMILES string of the molecule is CN1CCCCC1CCN1CCC(OCCCl)CC1. The van der Waals surface area contributed by atoms with Gasteiger partial charge in [0.05, 0.1) is 12.7 Å². The maximum atomic E-state index is 5.73. The van der Waals surface area contributed by atoms with Gasteiger partial charge in [-0.25, -0.2) is 0 Å². The van der Waals surface area contributed by atoms with Crippen LogP contribution in [-0.4, -0.2) is 67.7 Å². The second-order valence-corrected chi connectivity index (χ2v) is 6.40. The fourth-order valence-electron chi connectivity index (χ4n) is 3.35. The molecule has 0 N–H and O–H groups in total. The molecule has 1 atom stereocenters. The van der Waals surface area contributed by atoms with Crippen LogP contribution in [0.1, 0.15) is 38.5 Å². The molecule has 0 amide bonds. The van der Waals surface area contributed by atoms with Gasteiger partial charge >= 0.3 is 0 Å². The third-order valence-corrected chi connectivity index (χ3v) is 4.82. The van der Waals surface area contributed by atoms with Crippen LogP contribution in [0, 0.1) is 0 Å². The van der Waals surface area contributed by atoms with E-state index in [9.17, 15) is 0 Å². The minimum Gasteiger partial charge on any atom is -0.377 e. The predicted molar refractivity (Wildman–Crippen MR) is 81.0 cm³/mol. The van der Waals surface area contributed by atoms with Crippen LogP contribution < -0.4 is 0 Å². The molecular weight excluding hydrogens is 260 g/mol. The zero-order valence-electron chi connectivity index (χ0n) is 12.3. The third kappa shape index (κ3) is 5.22. The van der Waals surface area contributed by atoms with Crippen molar-refractivity contribution in [1.29, 1.82) is 0 Å². The van der Waals surface area contributed by atoms with Crippen molar-refractivity contribution < 1.29 is 4.74 Å². The van der Waals surface area contributed by atoms with Crippen LogP contribution in [0.2, 0.25) is 0 Å². The lowest BCUT2D eigenvalue weighted by molar-refractivity contribution is 0.0130. The monoisotopic (exact) mass is 288 g/mol. The third-order valence-electron chi connectivity index (χ3n) is 4.67. The Morgan fingerprint density at radius 3 is 2.58 bits per heavy atom. The van der Waals surface area contributed by atoms with Crippen molar-refractivity contribution in [2.45, 2.75) is 50.7 Å². The molecule has 2 saturated heterocycles. The second-order valence-electron chi connectivity index (χ2n) is 6.02. The van der Waals surface area contributed by atoms with Gasteiger partial charge in [0, 0.05) is 25.0 Å². The quantitative estimate of drug-likeness (QED) is 0.699. The Morgan fingerprint density at radius 1 is 1.11 bits per heavy atom. The van der Waals surface area contributed by atoms with Gasteiger partial charge in [-0.1, -0.05) is 6.42 Å². The lowest BCUT2D eigenvalue weighted by Gasteiger charge is -2.36. The Labute approximate surface area is 123 Å². The molecule has 2 aliphatic heterocycles. The minimum absolute atomic E-state index is 0.451. The number of hydrogen-bond donors (Lipinski definition) is 0. The summed E-state index contributed by atoms with van der Waals surface area (Å²) in [5.41, 5.74) is 0. The molecular formula is C15H29ClN2O. The molecule has 2 fully saturated rings. The molecule has 2 aliphatic rings. The zero-order chi connectivity index (χ0) is 13.5. The smallest absolute Gasteiger partial charge is 0.0605 e. The van der Waals surface area contributed by atoms with Crippen molar-refractivity contribution in [3.05, 3.63) is 0 Å². The number of halogens is 1. The normalized spacial score (nSPS) is 27.8. The molecule has 2 heterocycles. The van der Waals surface area contributed by atoms with Gasteiger partial charge in [-0.15, -0.1) is 11.6 Å². The Kier molecular flexibility index (Phi) is 6.92. The Hall–Kier alpha value is 0.170. The van der Waals surface area contributed by atoms with Crippen molar-refractivity contribution >= 4 is 11.6 Å². The second kappa shape index (κ2) is 8.46. The van der Waals surface area contributed by atoms with Crippen molar-refractivity contribution in [3.8, 4) is 0 Å². The van der Waals surface area contributed by atoms with E-state index in [1.165, 1.54) is 64.7 Å². The molecule has 19 heavy (non-hydrogen) atoms. The van der Waals surface area contributed by atoms with E-state index in [1.807, 2.05) is 0 Å². The van der Waals surface area contributed by atoms with E-state index in [2.05, 4.69) is 16.8 Å². The number of hydrogen-bond acceptors (Lipinski definition) is 3. The number of piperidine rings is 2. The summed E-state index contributed by atoms with van der Waals surface area (Å²) >= 11 is 5.66. The fourth-order valence-corrected chi connectivity index (χ4v) is 3.44. The highest BCUT2D eigenvalue weighted by atomic mass is 35.5. The first-order chi connectivity index (χ1) is 9.29. The summed E-state index contributed by atoms with van der Waals surface area (Å²) in [6.45, 7) is 5.65. The summed E-state index contributed by atoms with van der Waals surface area (Å²) in [4.78, 5) is 5.17. The van der Waals surface area contributed by atoms with Crippen LogP contribution in [0.5, 0.6) is 0 Å². The molecule has 0 aromatic heterocycles. The van der Waals surface area contributed by atoms with Gasteiger partial charge < -0.3 is 14.5 Å². The molecule has 0 bridgehead atoms. The van der Waals surface area contributed by atoms with Gasteiger partial charge in [-0.05, 0) is 52.2 Å². The highest BCUT2D eigenvalue weighted by molar-refractivity contribution is 6.17. The molecule has 0 aromatic rings. The molecule has 0 spiro atoms. The van der Waals surface area contributed by atoms with Crippen molar-refractivity contribution in [2.75, 3.05) is 45.7 Å². The summed E-state index contributed by atoms with van der Waals surface area (Å²) in [7, 11) is 2.29. The van der Waals surface area contributed by atoms with Crippen LogP contribution >= 0.6 is 11.6 Å². The number of ether oxygens (including phenoxy) is 1. The summed E-state index contributed by atoms with van der Waals surface area (Å²) in [6.07, 6.45) is 8.34. The Bertz CT molecular complexity index is 244. The van der Waals surface area contributed by atoms with E-state index in [1.54, 1.807) is 0 Å². The van der Waals surface area contributed by atoms with Crippen LogP contribution in [-0.2, 0) is 4.74 Å². The van der Waals surface area contributed by atoms with Crippen molar-refractivity contribution in [3.63, 3.8) is 0 Å². The topological polar surface area (TPSA) is 15.7 Å². The van der Waals surface area contributed by atoms with E-state index in [4.69, 9.17) is 16.3 Å². The molecule has 2 rings (SSSR count). The predicted octanol–water partition coefficient (Wildman–Crippen LogP) is 2.58.